The van der Waals surface area contributed by atoms with E-state index in [4.69, 9.17) is 9.47 Å². The minimum absolute atomic E-state index is 0.175. The summed E-state index contributed by atoms with van der Waals surface area (Å²) in [6, 6.07) is 21.0. The predicted molar refractivity (Wildman–Crippen MR) is 132 cm³/mol. The molecule has 0 aliphatic rings. The van der Waals surface area contributed by atoms with Crippen LogP contribution in [0, 0.1) is 0 Å². The Morgan fingerprint density at radius 1 is 1.00 bits per heavy atom. The molecule has 0 atom stereocenters. The van der Waals surface area contributed by atoms with Gasteiger partial charge >= 0.3 is 5.97 Å². The summed E-state index contributed by atoms with van der Waals surface area (Å²) in [5, 5.41) is 12.1. The topological polar surface area (TPSA) is 90.1 Å². The van der Waals surface area contributed by atoms with Crippen LogP contribution in [0.2, 0.25) is 0 Å². The molecule has 7 nitrogen and oxygen atoms in total. The van der Waals surface area contributed by atoms with Gasteiger partial charge in [-0.15, -0.1) is 0 Å². The van der Waals surface area contributed by atoms with Gasteiger partial charge in [-0.25, -0.2) is 4.79 Å². The van der Waals surface area contributed by atoms with Crippen molar-refractivity contribution in [2.24, 2.45) is 4.99 Å². The molecule has 1 aromatic heterocycles. The molecule has 0 radical (unpaired) electrons. The van der Waals surface area contributed by atoms with Crippen LogP contribution in [-0.2, 0) is 11.3 Å². The number of fused-ring (bicyclic) bond motifs is 1. The third-order valence-electron chi connectivity index (χ3n) is 5.41. The monoisotopic (exact) mass is 456 g/mol. The van der Waals surface area contributed by atoms with Gasteiger partial charge in [-0.1, -0.05) is 30.3 Å². The van der Waals surface area contributed by atoms with Crippen LogP contribution in [0.3, 0.4) is 0 Å². The lowest BCUT2D eigenvalue weighted by atomic mass is 10.1. The van der Waals surface area contributed by atoms with E-state index in [1.807, 2.05) is 12.1 Å². The molecule has 0 amide bonds. The highest BCUT2D eigenvalue weighted by molar-refractivity contribution is 6.02. The predicted octanol–water partition coefficient (Wildman–Crippen LogP) is 4.69. The highest BCUT2D eigenvalue weighted by Gasteiger charge is 2.15. The molecule has 0 aliphatic heterocycles. The smallest absolute Gasteiger partial charge is 0.338 e. The number of pyridine rings is 1. The number of aromatic hydroxyl groups is 1. The maximum Gasteiger partial charge on any atom is 0.338 e. The van der Waals surface area contributed by atoms with Gasteiger partial charge in [0.15, 0.2) is 0 Å². The number of rotatable bonds is 7. The number of aliphatic imine (C=N–C) groups is 1. The highest BCUT2D eigenvalue weighted by atomic mass is 16.5. The SMILES string of the molecule is CCOC(=O)c1ccc(N=Cc2c(O)n(Cc3ccc(OC)cc3)c(=O)c3ccccc23)cc1. The maximum absolute atomic E-state index is 13.1. The van der Waals surface area contributed by atoms with Crippen molar-refractivity contribution >= 4 is 28.6 Å². The Balaban J connectivity index is 1.73. The van der Waals surface area contributed by atoms with Gasteiger partial charge in [0, 0.05) is 17.0 Å². The fraction of sp³-hybridized carbons (Fsp3) is 0.148. The average Bonchev–Trinajstić information content (AvgIpc) is 2.87. The van der Waals surface area contributed by atoms with Crippen LogP contribution in [-0.4, -0.2) is 35.6 Å². The molecule has 1 heterocycles. The summed E-state index contributed by atoms with van der Waals surface area (Å²) in [5.74, 6) is 0.138. The number of carbonyl (C=O) groups excluding carboxylic acids is 1. The van der Waals surface area contributed by atoms with E-state index >= 15 is 0 Å². The molecule has 7 heteroatoms. The second-order valence-corrected chi connectivity index (χ2v) is 7.55. The van der Waals surface area contributed by atoms with E-state index in [9.17, 15) is 14.7 Å². The van der Waals surface area contributed by atoms with Crippen LogP contribution in [0.5, 0.6) is 11.6 Å². The first-order valence-corrected chi connectivity index (χ1v) is 10.8. The summed E-state index contributed by atoms with van der Waals surface area (Å²) in [7, 11) is 1.59. The van der Waals surface area contributed by atoms with Crippen LogP contribution >= 0.6 is 0 Å². The van der Waals surface area contributed by atoms with Crippen molar-refractivity contribution in [2.75, 3.05) is 13.7 Å². The van der Waals surface area contributed by atoms with Crippen molar-refractivity contribution in [2.45, 2.75) is 13.5 Å². The van der Waals surface area contributed by atoms with E-state index in [-0.39, 0.29) is 18.0 Å². The summed E-state index contributed by atoms with van der Waals surface area (Å²) in [6.45, 7) is 2.24. The molecule has 4 rings (SSSR count). The number of ether oxygens (including phenoxy) is 2. The quantitative estimate of drug-likeness (QED) is 0.322. The summed E-state index contributed by atoms with van der Waals surface area (Å²) >= 11 is 0. The van der Waals surface area contributed by atoms with E-state index in [0.29, 0.717) is 39.9 Å². The summed E-state index contributed by atoms with van der Waals surface area (Å²) < 4.78 is 11.5. The first kappa shape index (κ1) is 22.8. The van der Waals surface area contributed by atoms with Crippen LogP contribution < -0.4 is 10.3 Å². The van der Waals surface area contributed by atoms with Gasteiger partial charge in [0.05, 0.1) is 37.1 Å². The molecule has 34 heavy (non-hydrogen) atoms. The third kappa shape index (κ3) is 4.68. The molecule has 0 bridgehead atoms. The molecule has 0 fully saturated rings. The second-order valence-electron chi connectivity index (χ2n) is 7.55. The van der Waals surface area contributed by atoms with Gasteiger partial charge in [-0.2, -0.15) is 0 Å². The van der Waals surface area contributed by atoms with Crippen molar-refractivity contribution in [3.05, 3.63) is 99.8 Å². The van der Waals surface area contributed by atoms with Crippen molar-refractivity contribution in [1.29, 1.82) is 0 Å². The number of nitrogens with zero attached hydrogens (tertiary/aromatic N) is 2. The molecule has 0 saturated heterocycles. The Morgan fingerprint density at radius 2 is 1.68 bits per heavy atom. The summed E-state index contributed by atoms with van der Waals surface area (Å²) in [6.07, 6.45) is 1.53. The Labute approximate surface area is 196 Å². The Bertz CT molecular complexity index is 1400. The molecule has 0 saturated carbocycles. The van der Waals surface area contributed by atoms with Gasteiger partial charge < -0.3 is 14.6 Å². The first-order chi connectivity index (χ1) is 16.5. The zero-order chi connectivity index (χ0) is 24.1. The number of hydrogen-bond acceptors (Lipinski definition) is 6. The van der Waals surface area contributed by atoms with Crippen LogP contribution in [0.4, 0.5) is 5.69 Å². The van der Waals surface area contributed by atoms with Gasteiger partial charge in [0.2, 0.25) is 5.88 Å². The average molecular weight is 456 g/mol. The number of aromatic nitrogens is 1. The number of carbonyl (C=O) groups is 1. The minimum atomic E-state index is -0.396. The molecule has 1 N–H and O–H groups in total. The fourth-order valence-corrected chi connectivity index (χ4v) is 3.64. The van der Waals surface area contributed by atoms with Gasteiger partial charge in [0.25, 0.3) is 5.56 Å². The van der Waals surface area contributed by atoms with Gasteiger partial charge in [-0.05, 0) is 55.0 Å². The Hall–Kier alpha value is -4.39. The van der Waals surface area contributed by atoms with Crippen molar-refractivity contribution in [1.82, 2.24) is 4.57 Å². The molecule has 4 aromatic rings. The normalized spacial score (nSPS) is 11.1. The molecule has 0 spiro atoms. The zero-order valence-electron chi connectivity index (χ0n) is 18.9. The lowest BCUT2D eigenvalue weighted by Crippen LogP contribution is -2.22. The highest BCUT2D eigenvalue weighted by Crippen LogP contribution is 2.25. The largest absolute Gasteiger partial charge is 0.497 e. The minimum Gasteiger partial charge on any atom is -0.497 e. The first-order valence-electron chi connectivity index (χ1n) is 10.8. The van der Waals surface area contributed by atoms with Crippen LogP contribution in [0.1, 0.15) is 28.4 Å². The van der Waals surface area contributed by atoms with E-state index in [2.05, 4.69) is 4.99 Å². The van der Waals surface area contributed by atoms with E-state index < -0.39 is 5.97 Å². The fourth-order valence-electron chi connectivity index (χ4n) is 3.64. The second kappa shape index (κ2) is 10.0. The van der Waals surface area contributed by atoms with Crippen molar-refractivity contribution in [3.8, 4) is 11.6 Å². The lowest BCUT2D eigenvalue weighted by Gasteiger charge is -2.14. The Morgan fingerprint density at radius 3 is 2.32 bits per heavy atom. The maximum atomic E-state index is 13.1. The standard InChI is InChI=1S/C27H24N2O5/c1-3-34-27(32)19-10-12-20(13-11-19)28-16-24-22-6-4-5-7-23(22)25(30)29(26(24)31)17-18-8-14-21(33-2)15-9-18/h4-16,31H,3,17H2,1-2H3. The van der Waals surface area contributed by atoms with Crippen molar-refractivity contribution < 1.29 is 19.4 Å². The van der Waals surface area contributed by atoms with Gasteiger partial charge in [0.1, 0.15) is 5.75 Å². The van der Waals surface area contributed by atoms with E-state index in [0.717, 1.165) is 5.56 Å². The number of methoxy groups -OCH3 is 1. The number of benzene rings is 3. The van der Waals surface area contributed by atoms with Gasteiger partial charge in [-0.3, -0.25) is 14.4 Å². The number of esters is 1. The van der Waals surface area contributed by atoms with Crippen LogP contribution in [0.25, 0.3) is 10.8 Å². The molecule has 172 valence electrons. The number of hydrogen-bond donors (Lipinski definition) is 1. The molecule has 0 aliphatic carbocycles. The Kier molecular flexibility index (Phi) is 6.73. The summed E-state index contributed by atoms with van der Waals surface area (Å²) in [5.41, 5.74) is 2.00. The molecular weight excluding hydrogens is 432 g/mol. The van der Waals surface area contributed by atoms with E-state index in [1.165, 1.54) is 10.8 Å². The van der Waals surface area contributed by atoms with Crippen molar-refractivity contribution in [3.63, 3.8) is 0 Å². The van der Waals surface area contributed by atoms with Crippen LogP contribution in [0.15, 0.2) is 82.6 Å². The zero-order valence-corrected chi connectivity index (χ0v) is 18.9. The third-order valence-corrected chi connectivity index (χ3v) is 5.41. The molecule has 3 aromatic carbocycles. The summed E-state index contributed by atoms with van der Waals surface area (Å²) in [4.78, 5) is 29.5. The molecule has 0 unspecified atom stereocenters. The van der Waals surface area contributed by atoms with E-state index in [1.54, 1.807) is 74.7 Å². The lowest BCUT2D eigenvalue weighted by molar-refractivity contribution is 0.0526. The molecular formula is C27H24N2O5.